The van der Waals surface area contributed by atoms with Crippen molar-refractivity contribution in [1.29, 1.82) is 0 Å². The predicted octanol–water partition coefficient (Wildman–Crippen LogP) is 4.21. The highest BCUT2D eigenvalue weighted by atomic mass is 16.5. The predicted molar refractivity (Wildman–Crippen MR) is 136 cm³/mol. The Balaban J connectivity index is 1.39. The van der Waals surface area contributed by atoms with E-state index in [0.717, 1.165) is 22.5 Å². The van der Waals surface area contributed by atoms with Crippen LogP contribution in [-0.2, 0) is 20.0 Å². The lowest BCUT2D eigenvalue weighted by atomic mass is 10.1. The van der Waals surface area contributed by atoms with Crippen LogP contribution in [0.1, 0.15) is 34.2 Å². The van der Waals surface area contributed by atoms with Crippen LogP contribution >= 0.6 is 0 Å². The van der Waals surface area contributed by atoms with Crippen molar-refractivity contribution >= 4 is 29.3 Å². The van der Waals surface area contributed by atoms with Crippen molar-refractivity contribution in [1.82, 2.24) is 25.3 Å². The van der Waals surface area contributed by atoms with Gasteiger partial charge in [0, 0.05) is 38.0 Å². The van der Waals surface area contributed by atoms with E-state index in [0.29, 0.717) is 35.9 Å². The summed E-state index contributed by atoms with van der Waals surface area (Å²) in [5.74, 6) is 1.01. The molecular formula is C26H27N7O2. The van der Waals surface area contributed by atoms with Crippen molar-refractivity contribution < 1.29 is 9.53 Å². The third-order valence-electron chi connectivity index (χ3n) is 5.39. The van der Waals surface area contributed by atoms with E-state index in [1.54, 1.807) is 31.3 Å². The minimum Gasteiger partial charge on any atom is -0.495 e. The highest BCUT2D eigenvalue weighted by Gasteiger charge is 2.18. The second kappa shape index (κ2) is 11.1. The molecule has 35 heavy (non-hydrogen) atoms. The molecule has 4 rings (SSSR count). The van der Waals surface area contributed by atoms with Crippen LogP contribution in [0.3, 0.4) is 0 Å². The third kappa shape index (κ3) is 5.89. The van der Waals surface area contributed by atoms with Crippen LogP contribution < -0.4 is 15.4 Å². The Kier molecular flexibility index (Phi) is 7.47. The summed E-state index contributed by atoms with van der Waals surface area (Å²) in [7, 11) is 3.39. The maximum Gasteiger partial charge on any atom is 0.274 e. The van der Waals surface area contributed by atoms with Gasteiger partial charge in [0.1, 0.15) is 11.4 Å². The number of anilines is 2. The first-order valence-electron chi connectivity index (χ1n) is 11.2. The van der Waals surface area contributed by atoms with Crippen molar-refractivity contribution in [3.05, 3.63) is 89.4 Å². The molecule has 2 heterocycles. The molecule has 2 aromatic carbocycles. The van der Waals surface area contributed by atoms with Gasteiger partial charge in [-0.15, -0.1) is 5.10 Å². The van der Waals surface area contributed by atoms with Crippen LogP contribution in [0, 0.1) is 0 Å². The molecule has 0 bridgehead atoms. The molecule has 0 radical (unpaired) electrons. The summed E-state index contributed by atoms with van der Waals surface area (Å²) in [6.45, 7) is 2.21. The fourth-order valence-corrected chi connectivity index (χ4v) is 3.53. The molecule has 0 atom stereocenters. The zero-order valence-corrected chi connectivity index (χ0v) is 19.9. The normalized spacial score (nSPS) is 10.9. The quantitative estimate of drug-likeness (QED) is 0.356. The number of methoxy groups -OCH3 is 1. The number of aryl methyl sites for hydroxylation is 1. The Hall–Kier alpha value is -4.53. The number of pyridine rings is 1. The van der Waals surface area contributed by atoms with Crippen LogP contribution in [0.5, 0.6) is 5.75 Å². The lowest BCUT2D eigenvalue weighted by Crippen LogP contribution is -2.24. The number of hydrogen-bond acceptors (Lipinski definition) is 7. The Labute approximate surface area is 203 Å². The van der Waals surface area contributed by atoms with Crippen LogP contribution in [0.2, 0.25) is 0 Å². The van der Waals surface area contributed by atoms with Crippen molar-refractivity contribution in [3.63, 3.8) is 0 Å². The molecular weight excluding hydrogens is 442 g/mol. The molecule has 9 nitrogen and oxygen atoms in total. The Bertz CT molecular complexity index is 1320. The maximum atomic E-state index is 12.8. The van der Waals surface area contributed by atoms with Gasteiger partial charge in [0.2, 0.25) is 0 Å². The van der Waals surface area contributed by atoms with Gasteiger partial charge in [-0.25, -0.2) is 4.98 Å². The molecule has 2 aromatic heterocycles. The van der Waals surface area contributed by atoms with E-state index >= 15 is 0 Å². The summed E-state index contributed by atoms with van der Waals surface area (Å²) in [5, 5.41) is 14.3. The number of aromatic nitrogens is 4. The van der Waals surface area contributed by atoms with Gasteiger partial charge in [0.15, 0.2) is 11.5 Å². The fraction of sp³-hybridized carbons (Fsp3) is 0.192. The van der Waals surface area contributed by atoms with E-state index in [-0.39, 0.29) is 5.91 Å². The van der Waals surface area contributed by atoms with Gasteiger partial charge >= 0.3 is 0 Å². The van der Waals surface area contributed by atoms with Crippen LogP contribution in [0.25, 0.3) is 0 Å². The zero-order valence-electron chi connectivity index (χ0n) is 19.9. The lowest BCUT2D eigenvalue weighted by molar-refractivity contribution is 0.0945. The first-order chi connectivity index (χ1) is 17.1. The number of carbonyl (C=O) groups is 1. The first-order valence-corrected chi connectivity index (χ1v) is 11.2. The van der Waals surface area contributed by atoms with Crippen molar-refractivity contribution in [2.45, 2.75) is 19.9 Å². The molecule has 4 aromatic rings. The Morgan fingerprint density at radius 1 is 1.11 bits per heavy atom. The van der Waals surface area contributed by atoms with E-state index in [9.17, 15) is 4.79 Å². The number of nitrogens with one attached hydrogen (secondary N) is 2. The monoisotopic (exact) mass is 469 g/mol. The second-order valence-corrected chi connectivity index (χ2v) is 7.81. The summed E-state index contributed by atoms with van der Waals surface area (Å²) in [4.78, 5) is 21.6. The van der Waals surface area contributed by atoms with Gasteiger partial charge in [-0.2, -0.15) is 0 Å². The summed E-state index contributed by atoms with van der Waals surface area (Å²) in [6, 6.07) is 19.5. The third-order valence-corrected chi connectivity index (χ3v) is 5.39. The van der Waals surface area contributed by atoms with Crippen LogP contribution in [-0.4, -0.2) is 39.2 Å². The number of amides is 1. The summed E-state index contributed by atoms with van der Waals surface area (Å²) < 4.78 is 6.88. The average molecular weight is 470 g/mol. The van der Waals surface area contributed by atoms with E-state index in [1.807, 2.05) is 67.6 Å². The summed E-state index contributed by atoms with van der Waals surface area (Å²) in [6.07, 6.45) is 3.92. The van der Waals surface area contributed by atoms with Gasteiger partial charge in [0.25, 0.3) is 5.91 Å². The van der Waals surface area contributed by atoms with Crippen LogP contribution in [0.15, 0.2) is 71.9 Å². The number of ether oxygens (including phenoxy) is 1. The molecule has 0 saturated carbocycles. The minimum atomic E-state index is -0.254. The molecule has 2 N–H and O–H groups in total. The SMILES string of the molecule is CC=Nc1cc(OC)cnc1Nc1ccc(CNC(=O)c2nnn(C)c2Cc2ccccc2)cc1. The van der Waals surface area contributed by atoms with Gasteiger partial charge in [-0.05, 0) is 30.2 Å². The summed E-state index contributed by atoms with van der Waals surface area (Å²) >= 11 is 0. The standard InChI is InChI=1S/C26H27N7O2/c1-4-27-22-15-21(35-3)17-28-25(22)30-20-12-10-19(11-13-20)16-29-26(34)24-23(33(2)32-31-24)14-18-8-6-5-7-9-18/h4-13,15,17H,14,16H2,1-3H3,(H,28,30)(H,29,34). The van der Waals surface area contributed by atoms with Crippen molar-refractivity contribution in [2.24, 2.45) is 12.0 Å². The van der Waals surface area contributed by atoms with Crippen LogP contribution in [0.4, 0.5) is 17.2 Å². The lowest BCUT2D eigenvalue weighted by Gasteiger charge is -2.11. The number of aliphatic imine (C=N–C) groups is 1. The van der Waals surface area contributed by atoms with E-state index in [1.165, 1.54) is 0 Å². The minimum absolute atomic E-state index is 0.254. The second-order valence-electron chi connectivity index (χ2n) is 7.81. The largest absolute Gasteiger partial charge is 0.495 e. The molecule has 0 fully saturated rings. The number of hydrogen-bond donors (Lipinski definition) is 2. The molecule has 1 amide bonds. The topological polar surface area (TPSA) is 106 Å². The highest BCUT2D eigenvalue weighted by molar-refractivity contribution is 5.93. The molecule has 9 heteroatoms. The van der Waals surface area contributed by atoms with E-state index < -0.39 is 0 Å². The highest BCUT2D eigenvalue weighted by Crippen LogP contribution is 2.29. The van der Waals surface area contributed by atoms with E-state index in [2.05, 4.69) is 30.9 Å². The first kappa shape index (κ1) is 23.6. The van der Waals surface area contributed by atoms with Crippen molar-refractivity contribution in [2.75, 3.05) is 12.4 Å². The number of nitrogens with zero attached hydrogens (tertiary/aromatic N) is 5. The van der Waals surface area contributed by atoms with Gasteiger partial charge in [-0.3, -0.25) is 14.5 Å². The number of benzene rings is 2. The molecule has 0 saturated heterocycles. The molecule has 0 aliphatic heterocycles. The number of carbonyl (C=O) groups excluding carboxylic acids is 1. The van der Waals surface area contributed by atoms with Gasteiger partial charge in [0.05, 0.1) is 19.0 Å². The smallest absolute Gasteiger partial charge is 0.274 e. The van der Waals surface area contributed by atoms with Gasteiger partial charge < -0.3 is 15.4 Å². The fourth-order valence-electron chi connectivity index (χ4n) is 3.53. The maximum absolute atomic E-state index is 12.8. The van der Waals surface area contributed by atoms with Crippen molar-refractivity contribution in [3.8, 4) is 5.75 Å². The molecule has 0 spiro atoms. The van der Waals surface area contributed by atoms with E-state index in [4.69, 9.17) is 4.74 Å². The molecule has 178 valence electrons. The average Bonchev–Trinajstić information content (AvgIpc) is 3.25. The molecule has 0 aliphatic carbocycles. The molecule has 0 aliphatic rings. The Morgan fingerprint density at radius 2 is 1.89 bits per heavy atom. The number of rotatable bonds is 9. The van der Waals surface area contributed by atoms with Gasteiger partial charge in [-0.1, -0.05) is 47.7 Å². The molecule has 0 unspecified atom stereocenters. The zero-order chi connectivity index (χ0) is 24.6. The Morgan fingerprint density at radius 3 is 2.60 bits per heavy atom. The summed E-state index contributed by atoms with van der Waals surface area (Å²) in [5.41, 5.74) is 4.68.